The quantitative estimate of drug-likeness (QED) is 0.648. The van der Waals surface area contributed by atoms with E-state index in [4.69, 9.17) is 25.8 Å². The molecule has 0 radical (unpaired) electrons. The molecule has 3 heterocycles. The number of carbonyl (C=O) groups is 1. The van der Waals surface area contributed by atoms with Gasteiger partial charge in [-0.15, -0.1) is 11.3 Å². The SMILES string of the molecule is CCOc1cc(-c2csc(NC(=O)Cc3cc4c(cc3Cl)OCO4)n2)ccn1. The molecular weight excluding hydrogens is 402 g/mol. The number of nitrogens with zero attached hydrogens (tertiary/aromatic N) is 2. The molecule has 2 aromatic heterocycles. The van der Waals surface area contributed by atoms with Gasteiger partial charge in [0, 0.05) is 34.3 Å². The number of aromatic nitrogens is 2. The van der Waals surface area contributed by atoms with Crippen molar-refractivity contribution in [3.05, 3.63) is 46.4 Å². The third-order valence-electron chi connectivity index (χ3n) is 3.97. The molecule has 1 aliphatic rings. The van der Waals surface area contributed by atoms with Crippen LogP contribution in [0.5, 0.6) is 17.4 Å². The van der Waals surface area contributed by atoms with Crippen LogP contribution in [-0.2, 0) is 11.2 Å². The van der Waals surface area contributed by atoms with Crippen molar-refractivity contribution in [3.63, 3.8) is 0 Å². The molecule has 9 heteroatoms. The number of anilines is 1. The number of carbonyl (C=O) groups excluding carboxylic acids is 1. The first-order chi connectivity index (χ1) is 13.6. The summed E-state index contributed by atoms with van der Waals surface area (Å²) in [5.74, 6) is 1.50. The van der Waals surface area contributed by atoms with E-state index in [0.29, 0.717) is 39.7 Å². The highest BCUT2D eigenvalue weighted by Gasteiger charge is 2.18. The number of halogens is 1. The normalized spacial score (nSPS) is 12.1. The molecule has 7 nitrogen and oxygen atoms in total. The lowest BCUT2D eigenvalue weighted by atomic mass is 10.1. The summed E-state index contributed by atoms with van der Waals surface area (Å²) in [7, 11) is 0. The van der Waals surface area contributed by atoms with Gasteiger partial charge in [0.1, 0.15) is 0 Å². The first kappa shape index (κ1) is 18.5. The summed E-state index contributed by atoms with van der Waals surface area (Å²) in [5, 5.41) is 5.64. The van der Waals surface area contributed by atoms with Gasteiger partial charge in [0.15, 0.2) is 16.6 Å². The van der Waals surface area contributed by atoms with E-state index in [1.54, 1.807) is 18.3 Å². The summed E-state index contributed by atoms with van der Waals surface area (Å²) in [6.45, 7) is 2.59. The standard InChI is InChI=1S/C19H16ClN3O4S/c1-2-25-18-7-11(3-4-21-18)14-9-28-19(22-14)23-17(24)6-12-5-15-16(8-13(12)20)27-10-26-15/h3-5,7-9H,2,6,10H2,1H3,(H,22,23,24). The van der Waals surface area contributed by atoms with Crippen LogP contribution < -0.4 is 19.5 Å². The minimum absolute atomic E-state index is 0.105. The Kier molecular flexibility index (Phi) is 5.31. The highest BCUT2D eigenvalue weighted by molar-refractivity contribution is 7.14. The predicted molar refractivity (Wildman–Crippen MR) is 106 cm³/mol. The van der Waals surface area contributed by atoms with E-state index < -0.39 is 0 Å². The van der Waals surface area contributed by atoms with Gasteiger partial charge in [-0.2, -0.15) is 0 Å². The second-order valence-electron chi connectivity index (χ2n) is 5.88. The van der Waals surface area contributed by atoms with Crippen molar-refractivity contribution < 1.29 is 19.0 Å². The minimum atomic E-state index is -0.216. The molecule has 0 bridgehead atoms. The van der Waals surface area contributed by atoms with E-state index >= 15 is 0 Å². The maximum Gasteiger partial charge on any atom is 0.231 e. The molecule has 0 unspecified atom stereocenters. The second kappa shape index (κ2) is 8.04. The number of rotatable bonds is 6. The van der Waals surface area contributed by atoms with Crippen LogP contribution in [0.4, 0.5) is 5.13 Å². The minimum Gasteiger partial charge on any atom is -0.478 e. The number of nitrogens with one attached hydrogen (secondary N) is 1. The Hall–Kier alpha value is -2.84. The summed E-state index contributed by atoms with van der Waals surface area (Å²) in [4.78, 5) is 21.0. The fourth-order valence-corrected chi connectivity index (χ4v) is 3.65. The summed E-state index contributed by atoms with van der Waals surface area (Å²) in [6.07, 6.45) is 1.77. The average Bonchev–Trinajstić information content (AvgIpc) is 3.32. The maximum absolute atomic E-state index is 12.4. The van der Waals surface area contributed by atoms with Crippen LogP contribution >= 0.6 is 22.9 Å². The predicted octanol–water partition coefficient (Wildman–Crippen LogP) is 4.17. The zero-order valence-corrected chi connectivity index (χ0v) is 16.5. The Morgan fingerprint density at radius 1 is 1.32 bits per heavy atom. The maximum atomic E-state index is 12.4. The third-order valence-corrected chi connectivity index (χ3v) is 5.08. The molecule has 144 valence electrons. The van der Waals surface area contributed by atoms with Crippen molar-refractivity contribution in [1.29, 1.82) is 0 Å². The van der Waals surface area contributed by atoms with E-state index in [1.807, 2.05) is 24.4 Å². The molecule has 28 heavy (non-hydrogen) atoms. The molecule has 1 amide bonds. The molecule has 1 aliphatic heterocycles. The molecule has 1 N–H and O–H groups in total. The van der Waals surface area contributed by atoms with Gasteiger partial charge in [0.05, 0.1) is 18.7 Å². The molecule has 0 spiro atoms. The van der Waals surface area contributed by atoms with Gasteiger partial charge in [-0.05, 0) is 24.6 Å². The highest BCUT2D eigenvalue weighted by atomic mass is 35.5. The van der Waals surface area contributed by atoms with Crippen molar-refractivity contribution >= 4 is 34.0 Å². The molecule has 0 saturated carbocycles. The number of benzene rings is 1. The van der Waals surface area contributed by atoms with Crippen LogP contribution in [0, 0.1) is 0 Å². The van der Waals surface area contributed by atoms with E-state index in [0.717, 1.165) is 11.3 Å². The number of fused-ring (bicyclic) bond motifs is 1. The largest absolute Gasteiger partial charge is 0.478 e. The molecule has 3 aromatic rings. The Morgan fingerprint density at radius 3 is 2.96 bits per heavy atom. The first-order valence-corrected chi connectivity index (χ1v) is 9.80. The van der Waals surface area contributed by atoms with Gasteiger partial charge >= 0.3 is 0 Å². The lowest BCUT2D eigenvalue weighted by Gasteiger charge is -2.06. The lowest BCUT2D eigenvalue weighted by molar-refractivity contribution is -0.115. The highest BCUT2D eigenvalue weighted by Crippen LogP contribution is 2.37. The third kappa shape index (κ3) is 4.02. The Labute approximate surface area is 170 Å². The fourth-order valence-electron chi connectivity index (χ4n) is 2.69. The van der Waals surface area contributed by atoms with Crippen LogP contribution in [0.3, 0.4) is 0 Å². The topological polar surface area (TPSA) is 82.6 Å². The van der Waals surface area contributed by atoms with Crippen LogP contribution in [0.2, 0.25) is 5.02 Å². The number of hydrogen-bond acceptors (Lipinski definition) is 7. The molecule has 0 saturated heterocycles. The molecule has 0 fully saturated rings. The molecule has 1 aromatic carbocycles. The molecular formula is C19H16ClN3O4S. The molecule has 0 atom stereocenters. The van der Waals surface area contributed by atoms with E-state index in [1.165, 1.54) is 11.3 Å². The summed E-state index contributed by atoms with van der Waals surface area (Å²) < 4.78 is 16.0. The lowest BCUT2D eigenvalue weighted by Crippen LogP contribution is -2.14. The zero-order chi connectivity index (χ0) is 19.5. The Bertz CT molecular complexity index is 1020. The van der Waals surface area contributed by atoms with Gasteiger partial charge in [0.25, 0.3) is 0 Å². The van der Waals surface area contributed by atoms with Crippen molar-refractivity contribution in [2.75, 3.05) is 18.7 Å². The van der Waals surface area contributed by atoms with Gasteiger partial charge in [-0.25, -0.2) is 9.97 Å². The van der Waals surface area contributed by atoms with Crippen molar-refractivity contribution in [1.82, 2.24) is 9.97 Å². The van der Waals surface area contributed by atoms with E-state index in [2.05, 4.69) is 15.3 Å². The summed E-state index contributed by atoms with van der Waals surface area (Å²) >= 11 is 7.58. The van der Waals surface area contributed by atoms with Crippen LogP contribution in [0.1, 0.15) is 12.5 Å². The summed E-state index contributed by atoms with van der Waals surface area (Å²) in [6, 6.07) is 7.04. The number of hydrogen-bond donors (Lipinski definition) is 1. The fraction of sp³-hybridized carbons (Fsp3) is 0.211. The number of pyridine rings is 1. The molecule has 4 rings (SSSR count). The van der Waals surface area contributed by atoms with E-state index in [-0.39, 0.29) is 19.1 Å². The Balaban J connectivity index is 1.44. The van der Waals surface area contributed by atoms with Crippen LogP contribution in [-0.4, -0.2) is 29.3 Å². The van der Waals surface area contributed by atoms with Crippen LogP contribution in [0.25, 0.3) is 11.3 Å². The van der Waals surface area contributed by atoms with Gasteiger partial charge in [-0.1, -0.05) is 11.6 Å². The Morgan fingerprint density at radius 2 is 2.14 bits per heavy atom. The zero-order valence-electron chi connectivity index (χ0n) is 14.9. The molecule has 0 aliphatic carbocycles. The average molecular weight is 418 g/mol. The smallest absolute Gasteiger partial charge is 0.231 e. The van der Waals surface area contributed by atoms with E-state index in [9.17, 15) is 4.79 Å². The van der Waals surface area contributed by atoms with Crippen molar-refractivity contribution in [3.8, 4) is 28.6 Å². The van der Waals surface area contributed by atoms with Crippen molar-refractivity contribution in [2.24, 2.45) is 0 Å². The van der Waals surface area contributed by atoms with Crippen molar-refractivity contribution in [2.45, 2.75) is 13.3 Å². The number of amides is 1. The number of thiazole rings is 1. The second-order valence-corrected chi connectivity index (χ2v) is 7.14. The number of ether oxygens (including phenoxy) is 3. The van der Waals surface area contributed by atoms with Gasteiger partial charge in [0.2, 0.25) is 18.6 Å². The monoisotopic (exact) mass is 417 g/mol. The van der Waals surface area contributed by atoms with Crippen LogP contribution in [0.15, 0.2) is 35.8 Å². The van der Waals surface area contributed by atoms with Gasteiger partial charge < -0.3 is 19.5 Å². The van der Waals surface area contributed by atoms with Gasteiger partial charge in [-0.3, -0.25) is 4.79 Å². The first-order valence-electron chi connectivity index (χ1n) is 8.55. The summed E-state index contributed by atoms with van der Waals surface area (Å²) in [5.41, 5.74) is 2.27.